The van der Waals surface area contributed by atoms with Crippen molar-refractivity contribution in [3.63, 3.8) is 0 Å². The lowest BCUT2D eigenvalue weighted by Crippen LogP contribution is -1.99. The smallest absolute Gasteiger partial charge is 0.263 e. The molecule has 0 amide bonds. The van der Waals surface area contributed by atoms with Gasteiger partial charge in [-0.1, -0.05) is 53.2 Å². The van der Waals surface area contributed by atoms with Crippen molar-refractivity contribution >= 4 is 23.1 Å². The summed E-state index contributed by atoms with van der Waals surface area (Å²) < 4.78 is 5.43. The Bertz CT molecular complexity index is 1050. The maximum Gasteiger partial charge on any atom is 0.263 e. The highest BCUT2D eigenvalue weighted by Gasteiger charge is 2.16. The number of hydrogen-bond acceptors (Lipinski definition) is 6. The van der Waals surface area contributed by atoms with Crippen molar-refractivity contribution < 1.29 is 4.52 Å². The molecule has 4 aromatic rings. The molecule has 0 aliphatic rings. The topological polar surface area (TPSA) is 76.7 Å². The molecule has 1 N–H and O–H groups in total. The van der Waals surface area contributed by atoms with Crippen LogP contribution in [-0.4, -0.2) is 20.1 Å². The minimum Gasteiger partial charge on any atom is -0.339 e. The second kappa shape index (κ2) is 6.93. The largest absolute Gasteiger partial charge is 0.339 e. The SMILES string of the molecule is Cc1ccc(Cl)cc1Nc1ncncc1-c1nc(-c2ccccc2)no1. The van der Waals surface area contributed by atoms with E-state index in [1.54, 1.807) is 6.20 Å². The Labute approximate surface area is 154 Å². The Hall–Kier alpha value is -3.25. The minimum atomic E-state index is 0.339. The van der Waals surface area contributed by atoms with Gasteiger partial charge in [0.15, 0.2) is 0 Å². The third-order valence-electron chi connectivity index (χ3n) is 3.85. The van der Waals surface area contributed by atoms with Gasteiger partial charge in [0.25, 0.3) is 5.89 Å². The van der Waals surface area contributed by atoms with E-state index in [9.17, 15) is 0 Å². The van der Waals surface area contributed by atoms with Gasteiger partial charge in [0.2, 0.25) is 5.82 Å². The zero-order valence-corrected chi connectivity index (χ0v) is 14.6. The second-order valence-corrected chi connectivity index (χ2v) is 6.09. The van der Waals surface area contributed by atoms with E-state index in [-0.39, 0.29) is 0 Å². The molecule has 0 saturated heterocycles. The number of aromatic nitrogens is 4. The van der Waals surface area contributed by atoms with Gasteiger partial charge in [0.05, 0.1) is 0 Å². The first-order valence-electron chi connectivity index (χ1n) is 7.93. The Kier molecular flexibility index (Phi) is 4.33. The average Bonchev–Trinajstić information content (AvgIpc) is 3.16. The summed E-state index contributed by atoms with van der Waals surface area (Å²) in [5.74, 6) is 1.41. The van der Waals surface area contributed by atoms with Crippen LogP contribution >= 0.6 is 11.6 Å². The first kappa shape index (κ1) is 16.2. The van der Waals surface area contributed by atoms with E-state index in [2.05, 4.69) is 25.4 Å². The monoisotopic (exact) mass is 363 g/mol. The summed E-state index contributed by atoms with van der Waals surface area (Å²) in [5.41, 5.74) is 3.37. The highest BCUT2D eigenvalue weighted by Crippen LogP contribution is 2.30. The Morgan fingerprint density at radius 1 is 1.08 bits per heavy atom. The number of rotatable bonds is 4. The molecular weight excluding hydrogens is 350 g/mol. The van der Waals surface area contributed by atoms with E-state index < -0.39 is 0 Å². The fourth-order valence-corrected chi connectivity index (χ4v) is 2.65. The molecule has 2 aromatic carbocycles. The number of hydrogen-bond donors (Lipinski definition) is 1. The van der Waals surface area contributed by atoms with Crippen LogP contribution in [0.25, 0.3) is 22.8 Å². The normalized spacial score (nSPS) is 10.7. The van der Waals surface area contributed by atoms with E-state index >= 15 is 0 Å². The van der Waals surface area contributed by atoms with Gasteiger partial charge in [0.1, 0.15) is 17.7 Å². The molecule has 7 heteroatoms. The number of halogens is 1. The van der Waals surface area contributed by atoms with E-state index in [1.165, 1.54) is 6.33 Å². The summed E-state index contributed by atoms with van der Waals surface area (Å²) in [7, 11) is 0. The molecule has 128 valence electrons. The summed E-state index contributed by atoms with van der Waals surface area (Å²) in [6.45, 7) is 1.99. The molecule has 0 unspecified atom stereocenters. The van der Waals surface area contributed by atoms with Crippen LogP contribution in [0.1, 0.15) is 5.56 Å². The van der Waals surface area contributed by atoms with Gasteiger partial charge in [-0.25, -0.2) is 9.97 Å². The molecule has 0 saturated carbocycles. The van der Waals surface area contributed by atoms with Crippen molar-refractivity contribution in [1.29, 1.82) is 0 Å². The van der Waals surface area contributed by atoms with E-state index in [4.69, 9.17) is 16.1 Å². The maximum absolute atomic E-state index is 6.10. The van der Waals surface area contributed by atoms with E-state index in [0.717, 1.165) is 16.8 Å². The molecule has 0 aliphatic heterocycles. The molecule has 0 radical (unpaired) electrons. The molecular formula is C19H14ClN5O. The number of nitrogens with zero attached hydrogens (tertiary/aromatic N) is 4. The summed E-state index contributed by atoms with van der Waals surface area (Å²) in [4.78, 5) is 12.9. The van der Waals surface area contributed by atoms with Gasteiger partial charge in [-0.05, 0) is 24.6 Å². The van der Waals surface area contributed by atoms with Gasteiger partial charge >= 0.3 is 0 Å². The van der Waals surface area contributed by atoms with Crippen molar-refractivity contribution in [2.45, 2.75) is 6.92 Å². The summed E-state index contributed by atoms with van der Waals surface area (Å²) in [6, 6.07) is 15.2. The van der Waals surface area contributed by atoms with Gasteiger partial charge in [0, 0.05) is 22.5 Å². The van der Waals surface area contributed by atoms with Crippen molar-refractivity contribution in [2.75, 3.05) is 5.32 Å². The molecule has 4 rings (SSSR count). The molecule has 0 bridgehead atoms. The highest BCUT2D eigenvalue weighted by molar-refractivity contribution is 6.30. The Morgan fingerprint density at radius 2 is 1.92 bits per heavy atom. The van der Waals surface area contributed by atoms with Crippen LogP contribution in [0.15, 0.2) is 65.6 Å². The third kappa shape index (κ3) is 3.27. The number of nitrogens with one attached hydrogen (secondary N) is 1. The van der Waals surface area contributed by atoms with Crippen LogP contribution in [0.2, 0.25) is 5.02 Å². The van der Waals surface area contributed by atoms with Gasteiger partial charge in [-0.2, -0.15) is 4.98 Å². The van der Waals surface area contributed by atoms with Crippen molar-refractivity contribution in [3.8, 4) is 22.8 Å². The minimum absolute atomic E-state index is 0.339. The molecule has 0 spiro atoms. The zero-order valence-electron chi connectivity index (χ0n) is 13.8. The summed E-state index contributed by atoms with van der Waals surface area (Å²) in [5, 5.41) is 7.95. The first-order valence-corrected chi connectivity index (χ1v) is 8.31. The van der Waals surface area contributed by atoms with Gasteiger partial charge in [-0.15, -0.1) is 0 Å². The number of anilines is 2. The molecule has 6 nitrogen and oxygen atoms in total. The van der Waals surface area contributed by atoms with Crippen molar-refractivity contribution in [3.05, 3.63) is 71.6 Å². The van der Waals surface area contributed by atoms with Crippen LogP contribution in [0.4, 0.5) is 11.5 Å². The molecule has 26 heavy (non-hydrogen) atoms. The average molecular weight is 364 g/mol. The number of benzene rings is 2. The van der Waals surface area contributed by atoms with E-state index in [1.807, 2.05) is 55.5 Å². The molecule has 0 fully saturated rings. The zero-order chi connectivity index (χ0) is 17.9. The lowest BCUT2D eigenvalue weighted by atomic mass is 10.2. The maximum atomic E-state index is 6.10. The summed E-state index contributed by atoms with van der Waals surface area (Å²) >= 11 is 6.10. The van der Waals surface area contributed by atoms with Gasteiger partial charge < -0.3 is 9.84 Å². The van der Waals surface area contributed by atoms with Crippen molar-refractivity contribution in [2.24, 2.45) is 0 Å². The standard InChI is InChI=1S/C19H14ClN5O/c1-12-7-8-14(20)9-16(12)23-18-15(10-21-11-22-18)19-24-17(25-26-19)13-5-3-2-4-6-13/h2-11H,1H3,(H,21,22,23). The van der Waals surface area contributed by atoms with Crippen molar-refractivity contribution in [1.82, 2.24) is 20.1 Å². The second-order valence-electron chi connectivity index (χ2n) is 5.66. The van der Waals surface area contributed by atoms with E-state index in [0.29, 0.717) is 28.1 Å². The quantitative estimate of drug-likeness (QED) is 0.555. The highest BCUT2D eigenvalue weighted by atomic mass is 35.5. The predicted octanol–water partition coefficient (Wildman–Crippen LogP) is 4.90. The molecule has 0 atom stereocenters. The molecule has 2 heterocycles. The van der Waals surface area contributed by atoms with Crippen LogP contribution in [0.3, 0.4) is 0 Å². The fraction of sp³-hybridized carbons (Fsp3) is 0.0526. The summed E-state index contributed by atoms with van der Waals surface area (Å²) in [6.07, 6.45) is 3.09. The predicted molar refractivity (Wildman–Crippen MR) is 100 cm³/mol. The fourth-order valence-electron chi connectivity index (χ4n) is 2.48. The molecule has 2 aromatic heterocycles. The van der Waals surface area contributed by atoms with Crippen LogP contribution in [0.5, 0.6) is 0 Å². The first-order chi connectivity index (χ1) is 12.7. The molecule has 0 aliphatic carbocycles. The lowest BCUT2D eigenvalue weighted by Gasteiger charge is -2.10. The third-order valence-corrected chi connectivity index (χ3v) is 4.09. The van der Waals surface area contributed by atoms with Crippen LogP contribution in [-0.2, 0) is 0 Å². The van der Waals surface area contributed by atoms with Crippen LogP contribution in [0, 0.1) is 6.92 Å². The van der Waals surface area contributed by atoms with Gasteiger partial charge in [-0.3, -0.25) is 0 Å². The lowest BCUT2D eigenvalue weighted by molar-refractivity contribution is 0.432. The number of aryl methyl sites for hydroxylation is 1. The Morgan fingerprint density at radius 3 is 2.77 bits per heavy atom. The van der Waals surface area contributed by atoms with Crippen LogP contribution < -0.4 is 5.32 Å². The Balaban J connectivity index is 1.70.